The molecule has 0 aliphatic heterocycles. The van der Waals surface area contributed by atoms with E-state index >= 15 is 0 Å². The molecule has 0 aliphatic carbocycles. The van der Waals surface area contributed by atoms with Crippen molar-refractivity contribution < 1.29 is 9.18 Å². The van der Waals surface area contributed by atoms with Crippen molar-refractivity contribution in [3.63, 3.8) is 0 Å². The zero-order valence-corrected chi connectivity index (χ0v) is 7.70. The number of carbonyl (C=O) groups is 1. The molecule has 2 aromatic rings. The third kappa shape index (κ3) is 1.64. The molecule has 0 spiro atoms. The van der Waals surface area contributed by atoms with Crippen molar-refractivity contribution in [2.75, 3.05) is 0 Å². The van der Waals surface area contributed by atoms with E-state index in [1.807, 2.05) is 5.43 Å². The van der Waals surface area contributed by atoms with Gasteiger partial charge in [0.05, 0.1) is 0 Å². The van der Waals surface area contributed by atoms with Crippen molar-refractivity contribution in [1.82, 2.24) is 10.4 Å². The van der Waals surface area contributed by atoms with Crippen LogP contribution in [0.3, 0.4) is 0 Å². The van der Waals surface area contributed by atoms with Crippen molar-refractivity contribution >= 4 is 16.8 Å². The molecule has 1 amide bonds. The minimum atomic E-state index is -0.542. The number of nitrogens with zero attached hydrogens (tertiary/aromatic N) is 1. The molecule has 0 aliphatic rings. The lowest BCUT2D eigenvalue weighted by Crippen LogP contribution is -2.30. The maximum Gasteiger partial charge on any atom is 0.283 e. The molecule has 0 atom stereocenters. The molecule has 0 saturated carbocycles. The van der Waals surface area contributed by atoms with E-state index in [1.165, 1.54) is 12.1 Å². The number of halogens is 1. The Balaban J connectivity index is 2.64. The van der Waals surface area contributed by atoms with Crippen LogP contribution in [0.4, 0.5) is 4.39 Å². The fourth-order valence-electron chi connectivity index (χ4n) is 1.31. The van der Waals surface area contributed by atoms with Gasteiger partial charge in [-0.1, -0.05) is 18.2 Å². The summed E-state index contributed by atoms with van der Waals surface area (Å²) in [5, 5.41) is 0.642. The van der Waals surface area contributed by atoms with Gasteiger partial charge in [0.1, 0.15) is 17.0 Å². The van der Waals surface area contributed by atoms with Crippen molar-refractivity contribution in [2.24, 2.45) is 5.84 Å². The molecular weight excluding hydrogens is 197 g/mol. The predicted molar refractivity (Wildman–Crippen MR) is 53.4 cm³/mol. The first-order valence-electron chi connectivity index (χ1n) is 4.28. The van der Waals surface area contributed by atoms with Crippen LogP contribution >= 0.6 is 0 Å². The highest BCUT2D eigenvalue weighted by Gasteiger charge is 2.08. The van der Waals surface area contributed by atoms with Gasteiger partial charge in [0.2, 0.25) is 0 Å². The first-order chi connectivity index (χ1) is 7.22. The second kappa shape index (κ2) is 3.62. The van der Waals surface area contributed by atoms with Gasteiger partial charge in [0.25, 0.3) is 5.91 Å². The first kappa shape index (κ1) is 9.54. The normalized spacial score (nSPS) is 10.3. The van der Waals surface area contributed by atoms with Gasteiger partial charge in [-0.2, -0.15) is 0 Å². The van der Waals surface area contributed by atoms with Gasteiger partial charge in [-0.25, -0.2) is 15.2 Å². The number of fused-ring (bicyclic) bond motifs is 1. The monoisotopic (exact) mass is 205 g/mol. The average Bonchev–Trinajstić information content (AvgIpc) is 2.28. The number of para-hydroxylation sites is 1. The smallest absolute Gasteiger partial charge is 0.283 e. The maximum absolute atomic E-state index is 13.3. The summed E-state index contributed by atoms with van der Waals surface area (Å²) in [5.74, 6) is 3.95. The zero-order valence-electron chi connectivity index (χ0n) is 7.70. The number of nitrogens with two attached hydrogens (primary N) is 1. The molecule has 0 bridgehead atoms. The Morgan fingerprint density at radius 3 is 2.87 bits per heavy atom. The third-order valence-corrected chi connectivity index (χ3v) is 2.03. The fraction of sp³-hybridized carbons (Fsp3) is 0. The van der Waals surface area contributed by atoms with Crippen molar-refractivity contribution in [1.29, 1.82) is 0 Å². The highest BCUT2D eigenvalue weighted by atomic mass is 19.1. The van der Waals surface area contributed by atoms with Crippen LogP contribution in [-0.2, 0) is 0 Å². The summed E-state index contributed by atoms with van der Waals surface area (Å²) >= 11 is 0. The number of rotatable bonds is 1. The SMILES string of the molecule is NNC(=O)c1ccc2cccc(F)c2n1. The Hall–Kier alpha value is -2.01. The first-order valence-corrected chi connectivity index (χ1v) is 4.28. The second-order valence-electron chi connectivity index (χ2n) is 2.98. The summed E-state index contributed by atoms with van der Waals surface area (Å²) in [6, 6.07) is 7.71. The number of carbonyl (C=O) groups excluding carboxylic acids is 1. The number of pyridine rings is 1. The Bertz CT molecular complexity index is 527. The standard InChI is InChI=1S/C10H8FN3O/c11-7-3-1-2-6-4-5-8(10(15)14-12)13-9(6)7/h1-5H,12H2,(H,14,15). The molecule has 4 nitrogen and oxygen atoms in total. The third-order valence-electron chi connectivity index (χ3n) is 2.03. The molecule has 5 heteroatoms. The highest BCUT2D eigenvalue weighted by molar-refractivity contribution is 5.94. The van der Waals surface area contributed by atoms with Crippen LogP contribution < -0.4 is 11.3 Å². The van der Waals surface area contributed by atoms with Crippen molar-refractivity contribution in [3.05, 3.63) is 41.8 Å². The highest BCUT2D eigenvalue weighted by Crippen LogP contribution is 2.15. The molecule has 0 unspecified atom stereocenters. The van der Waals surface area contributed by atoms with E-state index in [1.54, 1.807) is 18.2 Å². The quantitative estimate of drug-likeness (QED) is 0.414. The number of amides is 1. The molecule has 1 aromatic heterocycles. The van der Waals surface area contributed by atoms with Crippen molar-refractivity contribution in [2.45, 2.75) is 0 Å². The fourth-order valence-corrected chi connectivity index (χ4v) is 1.31. The van der Waals surface area contributed by atoms with Gasteiger partial charge in [-0.3, -0.25) is 10.2 Å². The largest absolute Gasteiger partial charge is 0.289 e. The lowest BCUT2D eigenvalue weighted by atomic mass is 10.2. The summed E-state index contributed by atoms with van der Waals surface area (Å²) in [6.45, 7) is 0. The molecule has 2 rings (SSSR count). The minimum Gasteiger partial charge on any atom is -0.289 e. The van der Waals surface area contributed by atoms with E-state index in [2.05, 4.69) is 4.98 Å². The van der Waals surface area contributed by atoms with Gasteiger partial charge in [-0.15, -0.1) is 0 Å². The molecule has 0 radical (unpaired) electrons. The van der Waals surface area contributed by atoms with Crippen LogP contribution in [0.25, 0.3) is 10.9 Å². The number of hydrogen-bond donors (Lipinski definition) is 2. The Morgan fingerprint density at radius 2 is 2.13 bits per heavy atom. The minimum absolute atomic E-state index is 0.0927. The Kier molecular flexibility index (Phi) is 2.31. The number of nitrogen functional groups attached to an aromatic ring is 1. The van der Waals surface area contributed by atoms with Gasteiger partial charge < -0.3 is 0 Å². The molecule has 0 fully saturated rings. The molecule has 76 valence electrons. The molecule has 1 aromatic carbocycles. The van der Waals surface area contributed by atoms with Crippen LogP contribution in [0.5, 0.6) is 0 Å². The summed E-state index contributed by atoms with van der Waals surface area (Å²) < 4.78 is 13.3. The number of hydrazine groups is 1. The number of hydrogen-bond acceptors (Lipinski definition) is 3. The van der Waals surface area contributed by atoms with Gasteiger partial charge in [0.15, 0.2) is 0 Å². The van der Waals surface area contributed by atoms with Crippen molar-refractivity contribution in [3.8, 4) is 0 Å². The van der Waals surface area contributed by atoms with Gasteiger partial charge in [0, 0.05) is 5.39 Å². The lowest BCUT2D eigenvalue weighted by Gasteiger charge is -2.01. The predicted octanol–water partition coefficient (Wildman–Crippen LogP) is 0.977. The van der Waals surface area contributed by atoms with E-state index in [4.69, 9.17) is 5.84 Å². The molecule has 0 saturated heterocycles. The summed E-state index contributed by atoms with van der Waals surface area (Å²) in [6.07, 6.45) is 0. The number of aromatic nitrogens is 1. The van der Waals surface area contributed by atoms with Crippen LogP contribution in [0.15, 0.2) is 30.3 Å². The topological polar surface area (TPSA) is 68.0 Å². The Morgan fingerprint density at radius 1 is 1.33 bits per heavy atom. The maximum atomic E-state index is 13.3. The zero-order chi connectivity index (χ0) is 10.8. The average molecular weight is 205 g/mol. The van der Waals surface area contributed by atoms with E-state index in [9.17, 15) is 9.18 Å². The summed E-state index contributed by atoms with van der Waals surface area (Å²) in [5.41, 5.74) is 2.20. The van der Waals surface area contributed by atoms with Gasteiger partial charge in [-0.05, 0) is 12.1 Å². The van der Waals surface area contributed by atoms with Crippen LogP contribution in [0.2, 0.25) is 0 Å². The van der Waals surface area contributed by atoms with E-state index in [-0.39, 0.29) is 11.2 Å². The van der Waals surface area contributed by atoms with E-state index < -0.39 is 11.7 Å². The van der Waals surface area contributed by atoms with Gasteiger partial charge >= 0.3 is 0 Å². The molecule has 1 heterocycles. The summed E-state index contributed by atoms with van der Waals surface area (Å²) in [7, 11) is 0. The van der Waals surface area contributed by atoms with E-state index in [0.29, 0.717) is 5.39 Å². The Labute approximate surface area is 84.9 Å². The summed E-state index contributed by atoms with van der Waals surface area (Å²) in [4.78, 5) is 15.0. The molecule has 3 N–H and O–H groups in total. The van der Waals surface area contributed by atoms with Crippen LogP contribution in [-0.4, -0.2) is 10.9 Å². The number of benzene rings is 1. The van der Waals surface area contributed by atoms with E-state index in [0.717, 1.165) is 0 Å². The number of nitrogens with one attached hydrogen (secondary N) is 1. The molecule has 15 heavy (non-hydrogen) atoms. The van der Waals surface area contributed by atoms with Crippen LogP contribution in [0, 0.1) is 5.82 Å². The second-order valence-corrected chi connectivity index (χ2v) is 2.98. The molecular formula is C10H8FN3O. The lowest BCUT2D eigenvalue weighted by molar-refractivity contribution is 0.0949. The van der Waals surface area contributed by atoms with Crippen LogP contribution in [0.1, 0.15) is 10.5 Å².